The van der Waals surface area contributed by atoms with Gasteiger partial charge in [0.1, 0.15) is 5.75 Å². The van der Waals surface area contributed by atoms with Gasteiger partial charge in [-0.1, -0.05) is 30.3 Å². The van der Waals surface area contributed by atoms with Crippen molar-refractivity contribution in [1.82, 2.24) is 15.5 Å². The first kappa shape index (κ1) is 15.7. The van der Waals surface area contributed by atoms with E-state index < -0.39 is 0 Å². The van der Waals surface area contributed by atoms with Crippen molar-refractivity contribution in [2.24, 2.45) is 0 Å². The van der Waals surface area contributed by atoms with Crippen LogP contribution in [0.4, 0.5) is 0 Å². The van der Waals surface area contributed by atoms with Crippen LogP contribution in [-0.2, 0) is 6.42 Å². The Morgan fingerprint density at radius 2 is 1.83 bits per heavy atom. The number of benzene rings is 2. The lowest BCUT2D eigenvalue weighted by atomic mass is 10.2. The zero-order valence-corrected chi connectivity index (χ0v) is 13.2. The molecule has 0 bridgehead atoms. The number of para-hydroxylation sites is 1. The molecule has 24 heavy (non-hydrogen) atoms. The van der Waals surface area contributed by atoms with Gasteiger partial charge < -0.3 is 14.5 Å². The zero-order chi connectivity index (χ0) is 16.8. The maximum Gasteiger partial charge on any atom is 0.255 e. The molecule has 0 aliphatic rings. The SMILES string of the molecule is COc1ccccc1C(=O)NCCc1nnc(-c2ccccc2)o1. The molecular formula is C18H17N3O3. The van der Waals surface area contributed by atoms with Crippen LogP contribution >= 0.6 is 0 Å². The third kappa shape index (κ3) is 3.60. The smallest absolute Gasteiger partial charge is 0.255 e. The Hall–Kier alpha value is -3.15. The molecule has 3 aromatic rings. The van der Waals surface area contributed by atoms with Gasteiger partial charge in [-0.2, -0.15) is 0 Å². The van der Waals surface area contributed by atoms with Crippen molar-refractivity contribution in [3.05, 3.63) is 66.1 Å². The van der Waals surface area contributed by atoms with E-state index in [1.165, 1.54) is 7.11 Å². The normalized spacial score (nSPS) is 10.4. The zero-order valence-electron chi connectivity index (χ0n) is 13.2. The number of methoxy groups -OCH3 is 1. The van der Waals surface area contributed by atoms with Crippen molar-refractivity contribution in [3.8, 4) is 17.2 Å². The van der Waals surface area contributed by atoms with Crippen LogP contribution in [-0.4, -0.2) is 29.8 Å². The Morgan fingerprint density at radius 1 is 1.08 bits per heavy atom. The summed E-state index contributed by atoms with van der Waals surface area (Å²) in [5.74, 6) is 1.30. The lowest BCUT2D eigenvalue weighted by molar-refractivity contribution is 0.0950. The molecule has 1 amide bonds. The molecule has 122 valence electrons. The van der Waals surface area contributed by atoms with Gasteiger partial charge in [-0.15, -0.1) is 10.2 Å². The molecule has 1 aromatic heterocycles. The summed E-state index contributed by atoms with van der Waals surface area (Å²) in [5, 5.41) is 10.8. The fourth-order valence-electron chi connectivity index (χ4n) is 2.26. The Morgan fingerprint density at radius 3 is 2.62 bits per heavy atom. The number of hydrogen-bond donors (Lipinski definition) is 1. The minimum absolute atomic E-state index is 0.199. The molecule has 1 heterocycles. The number of carbonyl (C=O) groups excluding carboxylic acids is 1. The molecule has 0 saturated carbocycles. The molecule has 0 radical (unpaired) electrons. The standard InChI is InChI=1S/C18H17N3O3/c1-23-15-10-6-5-9-14(15)17(22)19-12-11-16-20-21-18(24-16)13-7-3-2-4-8-13/h2-10H,11-12H2,1H3,(H,19,22). The fraction of sp³-hybridized carbons (Fsp3) is 0.167. The number of carbonyl (C=O) groups is 1. The summed E-state index contributed by atoms with van der Waals surface area (Å²) < 4.78 is 10.8. The molecule has 0 unspecified atom stereocenters. The maximum absolute atomic E-state index is 12.2. The second-order valence-electron chi connectivity index (χ2n) is 5.07. The molecule has 1 N–H and O–H groups in total. The average molecular weight is 323 g/mol. The number of hydrogen-bond acceptors (Lipinski definition) is 5. The molecule has 0 fully saturated rings. The first-order valence-electron chi connectivity index (χ1n) is 7.57. The first-order valence-corrected chi connectivity index (χ1v) is 7.57. The predicted octanol–water partition coefficient (Wildman–Crippen LogP) is 2.72. The van der Waals surface area contributed by atoms with Gasteiger partial charge in [0.2, 0.25) is 11.8 Å². The molecule has 3 rings (SSSR count). The van der Waals surface area contributed by atoms with Crippen LogP contribution in [0.25, 0.3) is 11.5 Å². The molecule has 0 aliphatic heterocycles. The predicted molar refractivity (Wildman–Crippen MR) is 88.8 cm³/mol. The molecule has 6 heteroatoms. The van der Waals surface area contributed by atoms with E-state index in [0.717, 1.165) is 5.56 Å². The lowest BCUT2D eigenvalue weighted by Crippen LogP contribution is -2.26. The van der Waals surface area contributed by atoms with Crippen LogP contribution in [0, 0.1) is 0 Å². The van der Waals surface area contributed by atoms with E-state index in [1.54, 1.807) is 18.2 Å². The molecule has 0 aliphatic carbocycles. The van der Waals surface area contributed by atoms with Crippen molar-refractivity contribution in [3.63, 3.8) is 0 Å². The van der Waals surface area contributed by atoms with Crippen molar-refractivity contribution in [2.75, 3.05) is 13.7 Å². The maximum atomic E-state index is 12.2. The van der Waals surface area contributed by atoms with Gasteiger partial charge in [0.05, 0.1) is 12.7 Å². The van der Waals surface area contributed by atoms with Gasteiger partial charge in [-0.3, -0.25) is 4.79 Å². The van der Waals surface area contributed by atoms with E-state index in [2.05, 4.69) is 15.5 Å². The second-order valence-corrected chi connectivity index (χ2v) is 5.07. The number of ether oxygens (including phenoxy) is 1. The highest BCUT2D eigenvalue weighted by molar-refractivity contribution is 5.96. The number of aromatic nitrogens is 2. The van der Waals surface area contributed by atoms with Gasteiger partial charge >= 0.3 is 0 Å². The van der Waals surface area contributed by atoms with Crippen LogP contribution in [0.5, 0.6) is 5.75 Å². The number of amides is 1. The Bertz CT molecular complexity index is 815. The summed E-state index contributed by atoms with van der Waals surface area (Å²) in [7, 11) is 1.54. The monoisotopic (exact) mass is 323 g/mol. The third-order valence-electron chi connectivity index (χ3n) is 3.46. The van der Waals surface area contributed by atoms with Crippen molar-refractivity contribution >= 4 is 5.91 Å². The van der Waals surface area contributed by atoms with E-state index in [-0.39, 0.29) is 5.91 Å². The van der Waals surface area contributed by atoms with Crippen molar-refractivity contribution in [1.29, 1.82) is 0 Å². The summed E-state index contributed by atoms with van der Waals surface area (Å²) in [6.07, 6.45) is 0.459. The summed E-state index contributed by atoms with van der Waals surface area (Å²) in [6.45, 7) is 0.396. The van der Waals surface area contributed by atoms with Crippen LogP contribution in [0.1, 0.15) is 16.2 Å². The van der Waals surface area contributed by atoms with Crippen LogP contribution < -0.4 is 10.1 Å². The van der Waals surface area contributed by atoms with Gasteiger partial charge in [-0.05, 0) is 24.3 Å². The Balaban J connectivity index is 1.57. The number of nitrogens with zero attached hydrogens (tertiary/aromatic N) is 2. The minimum Gasteiger partial charge on any atom is -0.496 e. The van der Waals surface area contributed by atoms with E-state index in [1.807, 2.05) is 36.4 Å². The molecular weight excluding hydrogens is 306 g/mol. The highest BCUT2D eigenvalue weighted by atomic mass is 16.5. The van der Waals surface area contributed by atoms with Gasteiger partial charge in [0.25, 0.3) is 5.91 Å². The van der Waals surface area contributed by atoms with Gasteiger partial charge in [-0.25, -0.2) is 0 Å². The van der Waals surface area contributed by atoms with Gasteiger partial charge in [0.15, 0.2) is 0 Å². The summed E-state index contributed by atoms with van der Waals surface area (Å²) >= 11 is 0. The highest BCUT2D eigenvalue weighted by Gasteiger charge is 2.12. The summed E-state index contributed by atoms with van der Waals surface area (Å²) in [5.41, 5.74) is 1.37. The van der Waals surface area contributed by atoms with E-state index in [9.17, 15) is 4.79 Å². The number of nitrogens with one attached hydrogen (secondary N) is 1. The summed E-state index contributed by atoms with van der Waals surface area (Å²) in [4.78, 5) is 12.2. The first-order chi connectivity index (χ1) is 11.8. The van der Waals surface area contributed by atoms with Crippen LogP contribution in [0.2, 0.25) is 0 Å². The molecule has 0 saturated heterocycles. The largest absolute Gasteiger partial charge is 0.496 e. The average Bonchev–Trinajstić information content (AvgIpc) is 3.11. The quantitative estimate of drug-likeness (QED) is 0.755. The molecule has 0 atom stereocenters. The van der Waals surface area contributed by atoms with E-state index in [4.69, 9.17) is 9.15 Å². The third-order valence-corrected chi connectivity index (χ3v) is 3.46. The van der Waals surface area contributed by atoms with Crippen molar-refractivity contribution in [2.45, 2.75) is 6.42 Å². The van der Waals surface area contributed by atoms with Crippen LogP contribution in [0.3, 0.4) is 0 Å². The lowest BCUT2D eigenvalue weighted by Gasteiger charge is -2.08. The highest BCUT2D eigenvalue weighted by Crippen LogP contribution is 2.18. The van der Waals surface area contributed by atoms with E-state index >= 15 is 0 Å². The van der Waals surface area contributed by atoms with E-state index in [0.29, 0.717) is 36.1 Å². The molecule has 6 nitrogen and oxygen atoms in total. The number of rotatable bonds is 6. The molecule has 2 aromatic carbocycles. The fourth-order valence-corrected chi connectivity index (χ4v) is 2.26. The second kappa shape index (κ2) is 7.41. The topological polar surface area (TPSA) is 77.2 Å². The minimum atomic E-state index is -0.199. The van der Waals surface area contributed by atoms with Crippen molar-refractivity contribution < 1.29 is 13.9 Å². The van der Waals surface area contributed by atoms with Crippen LogP contribution in [0.15, 0.2) is 59.0 Å². The summed E-state index contributed by atoms with van der Waals surface area (Å²) in [6, 6.07) is 16.6. The Kier molecular flexibility index (Phi) is 4.86. The molecule has 0 spiro atoms. The van der Waals surface area contributed by atoms with Gasteiger partial charge in [0, 0.05) is 18.5 Å². The Labute approximate surface area is 139 Å².